The Morgan fingerprint density at radius 1 is 1.44 bits per heavy atom. The smallest absolute Gasteiger partial charge is 0.244 e. The number of carbonyl (C=O) groups excluding carboxylic acids is 1. The van der Waals surface area contributed by atoms with Gasteiger partial charge in [0.2, 0.25) is 5.91 Å². The Hall–Kier alpha value is -1.55. The number of hydrogen-bond donors (Lipinski definition) is 2. The molecule has 1 fully saturated rings. The van der Waals surface area contributed by atoms with Crippen LogP contribution >= 0.6 is 0 Å². The molecule has 0 unspecified atom stereocenters. The molecule has 98 valence electrons. The first-order valence-corrected chi connectivity index (χ1v) is 6.38. The second-order valence-electron chi connectivity index (χ2n) is 4.75. The van der Waals surface area contributed by atoms with Crippen molar-refractivity contribution in [3.8, 4) is 0 Å². The minimum atomic E-state index is -0.415. The molecule has 1 amide bonds. The van der Waals surface area contributed by atoms with Gasteiger partial charge in [0.05, 0.1) is 12.1 Å². The highest BCUT2D eigenvalue weighted by Gasteiger charge is 2.23. The first kappa shape index (κ1) is 12.9. The number of carbonyl (C=O) groups is 1. The third-order valence-corrected chi connectivity index (χ3v) is 3.22. The summed E-state index contributed by atoms with van der Waals surface area (Å²) in [5.41, 5.74) is 0. The average molecular weight is 249 g/mol. The van der Waals surface area contributed by atoms with Gasteiger partial charge in [-0.1, -0.05) is 12.8 Å². The third kappa shape index (κ3) is 3.47. The monoisotopic (exact) mass is 249 g/mol. The summed E-state index contributed by atoms with van der Waals surface area (Å²) in [5, 5.41) is 12.6. The van der Waals surface area contributed by atoms with Crippen LogP contribution < -0.4 is 5.32 Å². The largest absolute Gasteiger partial charge is 0.462 e. The number of furan rings is 1. The molecular formula is C14H19NO3. The van der Waals surface area contributed by atoms with Crippen molar-refractivity contribution in [1.29, 1.82) is 0 Å². The summed E-state index contributed by atoms with van der Waals surface area (Å²) in [6.45, 7) is 1.86. The van der Waals surface area contributed by atoms with E-state index in [1.54, 1.807) is 6.08 Å². The molecule has 4 nitrogen and oxygen atoms in total. The molecule has 2 atom stereocenters. The minimum absolute atomic E-state index is 0.116. The summed E-state index contributed by atoms with van der Waals surface area (Å²) in [6, 6.07) is 3.55. The molecule has 0 radical (unpaired) electrons. The van der Waals surface area contributed by atoms with E-state index in [-0.39, 0.29) is 11.9 Å². The molecule has 2 N–H and O–H groups in total. The van der Waals surface area contributed by atoms with Crippen LogP contribution in [0.1, 0.15) is 37.2 Å². The highest BCUT2D eigenvalue weighted by molar-refractivity contribution is 5.91. The molecule has 0 aromatic carbocycles. The predicted molar refractivity (Wildman–Crippen MR) is 68.9 cm³/mol. The maximum atomic E-state index is 11.7. The molecule has 1 aliphatic carbocycles. The Labute approximate surface area is 107 Å². The molecule has 0 bridgehead atoms. The Morgan fingerprint density at radius 3 is 2.89 bits per heavy atom. The summed E-state index contributed by atoms with van der Waals surface area (Å²) in [5.74, 6) is 1.29. The summed E-state index contributed by atoms with van der Waals surface area (Å²) < 4.78 is 5.33. The van der Waals surface area contributed by atoms with Crippen LogP contribution in [-0.4, -0.2) is 23.2 Å². The Bertz CT molecular complexity index is 436. The summed E-state index contributed by atoms with van der Waals surface area (Å²) in [4.78, 5) is 11.7. The molecule has 1 aromatic rings. The van der Waals surface area contributed by atoms with E-state index < -0.39 is 6.10 Å². The van der Waals surface area contributed by atoms with Crippen molar-refractivity contribution >= 4 is 12.0 Å². The Kier molecular flexibility index (Phi) is 4.20. The molecule has 4 heteroatoms. The number of hydrogen-bond acceptors (Lipinski definition) is 3. The van der Waals surface area contributed by atoms with Crippen molar-refractivity contribution in [2.75, 3.05) is 0 Å². The molecule has 18 heavy (non-hydrogen) atoms. The summed E-state index contributed by atoms with van der Waals surface area (Å²) in [7, 11) is 0. The van der Waals surface area contributed by atoms with Gasteiger partial charge in [-0.05, 0) is 38.0 Å². The van der Waals surface area contributed by atoms with Gasteiger partial charge in [0.1, 0.15) is 11.5 Å². The van der Waals surface area contributed by atoms with E-state index in [9.17, 15) is 9.90 Å². The highest BCUT2D eigenvalue weighted by Crippen LogP contribution is 2.18. The van der Waals surface area contributed by atoms with Gasteiger partial charge in [0.15, 0.2) is 0 Å². The van der Waals surface area contributed by atoms with Crippen molar-refractivity contribution in [3.63, 3.8) is 0 Å². The van der Waals surface area contributed by atoms with E-state index in [4.69, 9.17) is 4.42 Å². The Morgan fingerprint density at radius 2 is 2.22 bits per heavy atom. The number of aryl methyl sites for hydroxylation is 1. The van der Waals surface area contributed by atoms with Gasteiger partial charge in [-0.2, -0.15) is 0 Å². The van der Waals surface area contributed by atoms with E-state index >= 15 is 0 Å². The van der Waals surface area contributed by atoms with Gasteiger partial charge in [-0.3, -0.25) is 4.79 Å². The lowest BCUT2D eigenvalue weighted by atomic mass is 9.92. The van der Waals surface area contributed by atoms with Crippen molar-refractivity contribution < 1.29 is 14.3 Å². The zero-order valence-electron chi connectivity index (χ0n) is 10.6. The molecular weight excluding hydrogens is 230 g/mol. The molecule has 1 saturated carbocycles. The van der Waals surface area contributed by atoms with Gasteiger partial charge in [0, 0.05) is 6.08 Å². The fraction of sp³-hybridized carbons (Fsp3) is 0.500. The van der Waals surface area contributed by atoms with Crippen molar-refractivity contribution in [1.82, 2.24) is 5.32 Å². The SMILES string of the molecule is Cc1ccc(/C=C/C(=O)N[C@@H]2CCCC[C@H]2O)o1. The average Bonchev–Trinajstić information content (AvgIpc) is 2.76. The van der Waals surface area contributed by atoms with Crippen LogP contribution in [0.2, 0.25) is 0 Å². The van der Waals surface area contributed by atoms with Crippen LogP contribution in [0.4, 0.5) is 0 Å². The number of amides is 1. The van der Waals surface area contributed by atoms with Crippen LogP contribution in [0.5, 0.6) is 0 Å². The van der Waals surface area contributed by atoms with E-state index in [0.29, 0.717) is 5.76 Å². The maximum Gasteiger partial charge on any atom is 0.244 e. The third-order valence-electron chi connectivity index (χ3n) is 3.22. The van der Waals surface area contributed by atoms with Crippen molar-refractivity contribution in [2.45, 2.75) is 44.8 Å². The lowest BCUT2D eigenvalue weighted by molar-refractivity contribution is -0.118. The van der Waals surface area contributed by atoms with E-state index in [0.717, 1.165) is 31.4 Å². The van der Waals surface area contributed by atoms with Crippen molar-refractivity contribution in [3.05, 3.63) is 29.7 Å². The molecule has 1 aromatic heterocycles. The van der Waals surface area contributed by atoms with Gasteiger partial charge in [-0.15, -0.1) is 0 Å². The van der Waals surface area contributed by atoms with Crippen LogP contribution in [0.3, 0.4) is 0 Å². The van der Waals surface area contributed by atoms with Gasteiger partial charge in [0.25, 0.3) is 0 Å². The number of aliphatic hydroxyl groups excluding tert-OH is 1. The number of rotatable bonds is 3. The zero-order chi connectivity index (χ0) is 13.0. The van der Waals surface area contributed by atoms with E-state index in [1.807, 2.05) is 19.1 Å². The minimum Gasteiger partial charge on any atom is -0.462 e. The topological polar surface area (TPSA) is 62.5 Å². The normalized spacial score (nSPS) is 24.3. The molecule has 1 heterocycles. The zero-order valence-corrected chi connectivity index (χ0v) is 10.6. The predicted octanol–water partition coefficient (Wildman–Crippen LogP) is 2.02. The van der Waals surface area contributed by atoms with E-state index in [1.165, 1.54) is 6.08 Å². The van der Waals surface area contributed by atoms with Crippen LogP contribution in [0, 0.1) is 6.92 Å². The first-order valence-electron chi connectivity index (χ1n) is 6.38. The lowest BCUT2D eigenvalue weighted by Gasteiger charge is -2.27. The van der Waals surface area contributed by atoms with Crippen molar-refractivity contribution in [2.24, 2.45) is 0 Å². The molecule has 0 saturated heterocycles. The van der Waals surface area contributed by atoms with Crippen LogP contribution in [-0.2, 0) is 4.79 Å². The molecule has 2 rings (SSSR count). The van der Waals surface area contributed by atoms with Gasteiger partial charge < -0.3 is 14.8 Å². The number of aliphatic hydroxyl groups is 1. The fourth-order valence-corrected chi connectivity index (χ4v) is 2.21. The number of nitrogens with one attached hydrogen (secondary N) is 1. The summed E-state index contributed by atoms with van der Waals surface area (Å²) >= 11 is 0. The quantitative estimate of drug-likeness (QED) is 0.806. The second kappa shape index (κ2) is 5.87. The molecule has 0 spiro atoms. The molecule has 1 aliphatic rings. The fourth-order valence-electron chi connectivity index (χ4n) is 2.21. The van der Waals surface area contributed by atoms with Gasteiger partial charge in [-0.25, -0.2) is 0 Å². The summed E-state index contributed by atoms with van der Waals surface area (Å²) in [6.07, 6.45) is 6.38. The van der Waals surface area contributed by atoms with Crippen LogP contribution in [0.15, 0.2) is 22.6 Å². The van der Waals surface area contributed by atoms with Gasteiger partial charge >= 0.3 is 0 Å². The molecule has 0 aliphatic heterocycles. The Balaban J connectivity index is 1.86. The second-order valence-corrected chi connectivity index (χ2v) is 4.75. The maximum absolute atomic E-state index is 11.7. The highest BCUT2D eigenvalue weighted by atomic mass is 16.3. The van der Waals surface area contributed by atoms with Crippen LogP contribution in [0.25, 0.3) is 6.08 Å². The first-order chi connectivity index (χ1) is 8.65. The van der Waals surface area contributed by atoms with E-state index in [2.05, 4.69) is 5.32 Å². The standard InChI is InChI=1S/C14H19NO3/c1-10-6-7-11(18-10)8-9-14(17)15-12-4-2-3-5-13(12)16/h6-9,12-13,16H,2-5H2,1H3,(H,15,17)/b9-8+/t12-,13-/m1/s1. The lowest BCUT2D eigenvalue weighted by Crippen LogP contribution is -2.44.